The van der Waals surface area contributed by atoms with Crippen LogP contribution in [0.5, 0.6) is 0 Å². The Morgan fingerprint density at radius 3 is 0.818 bits per heavy atom. The molecule has 0 atom stereocenters. The van der Waals surface area contributed by atoms with Gasteiger partial charge >= 0.3 is 0 Å². The van der Waals surface area contributed by atoms with Crippen molar-refractivity contribution in [2.45, 2.75) is 0 Å². The van der Waals surface area contributed by atoms with Crippen molar-refractivity contribution in [2.24, 2.45) is 5.73 Å². The molecule has 0 aromatic rings. The summed E-state index contributed by atoms with van der Waals surface area (Å²) >= 11 is 0. The van der Waals surface area contributed by atoms with Crippen LogP contribution in [0.15, 0.2) is 0 Å². The number of rotatable bonds is 1. The molecule has 10 N–H and O–H groups in total. The van der Waals surface area contributed by atoms with Crippen LogP contribution in [0.3, 0.4) is 0 Å². The predicted octanol–water partition coefficient (Wildman–Crippen LogP) is -0.220. The van der Waals surface area contributed by atoms with Gasteiger partial charge in [0, 0.05) is 41.7 Å². The summed E-state index contributed by atoms with van der Waals surface area (Å²) < 4.78 is 0. The van der Waals surface area contributed by atoms with Gasteiger partial charge in [-0.2, -0.15) is 0 Å². The van der Waals surface area contributed by atoms with E-state index in [1.165, 1.54) is 0 Å². The molecular weight excluding hydrogens is 430 g/mol. The third-order valence-corrected chi connectivity index (χ3v) is 0.144. The van der Waals surface area contributed by atoms with E-state index >= 15 is 0 Å². The van der Waals surface area contributed by atoms with Crippen molar-refractivity contribution in [3.8, 4) is 0 Å². The first kappa shape index (κ1) is 42.8. The first-order chi connectivity index (χ1) is 8.84. The van der Waals surface area contributed by atoms with Crippen LogP contribution in [0.2, 0.25) is 0 Å². The maximum absolute atomic E-state index is 8.89. The molecule has 134 valence electrons. The van der Waals surface area contributed by atoms with Gasteiger partial charge in [0.05, 0.1) is 0 Å². The average Bonchev–Trinajstić information content (AvgIpc) is 2.13. The third kappa shape index (κ3) is 39300. The van der Waals surface area contributed by atoms with Crippen molar-refractivity contribution in [1.29, 1.82) is 0 Å². The standard InChI is InChI=1S/C2H7N2.4C2H3O2.Ce.H3N/c3-1-2-4;4*1-2(3)4;;/h3H,1-2,4H2;4*1H2,(H,3,4);;1H3/q5*-1;;. The fraction of sp³-hybridized carbons (Fsp3) is 0.200. The summed E-state index contributed by atoms with van der Waals surface area (Å²) in [5, 5.41) is 29.2. The van der Waals surface area contributed by atoms with E-state index in [0.29, 0.717) is 13.1 Å². The summed E-state index contributed by atoms with van der Waals surface area (Å²) in [6.45, 7) is 11.1. The predicted molar refractivity (Wildman–Crippen MR) is 75.2 cm³/mol. The van der Waals surface area contributed by atoms with Crippen molar-refractivity contribution in [3.63, 3.8) is 0 Å². The molecule has 0 aliphatic carbocycles. The minimum absolute atomic E-state index is 0. The molecule has 11 nitrogen and oxygen atoms in total. The zero-order valence-corrected chi connectivity index (χ0v) is 15.1. The van der Waals surface area contributed by atoms with E-state index in [4.69, 9.17) is 51.1 Å². The molecule has 0 rings (SSSR count). The molecule has 0 aromatic carbocycles. The van der Waals surface area contributed by atoms with Crippen LogP contribution in [0.1, 0.15) is 0 Å². The summed E-state index contributed by atoms with van der Waals surface area (Å²) in [7, 11) is 0. The van der Waals surface area contributed by atoms with Gasteiger partial charge in [0.2, 0.25) is 0 Å². The van der Waals surface area contributed by atoms with E-state index in [-0.39, 0.29) is 47.9 Å². The van der Waals surface area contributed by atoms with Crippen LogP contribution in [0.4, 0.5) is 0 Å². The maximum Gasteiger partial charge on any atom is 0.161 e. The minimum atomic E-state index is -1.08. The van der Waals surface area contributed by atoms with Gasteiger partial charge in [-0.15, -0.1) is 6.54 Å². The van der Waals surface area contributed by atoms with Gasteiger partial charge in [-0.05, 0) is 6.54 Å². The molecule has 0 radical (unpaired) electrons. The topological polar surface area (TPSA) is 234 Å². The molecule has 0 saturated heterocycles. The Balaban J connectivity index is -0.0000000250. The van der Waals surface area contributed by atoms with E-state index in [1.807, 2.05) is 0 Å². The van der Waals surface area contributed by atoms with Crippen molar-refractivity contribution < 1.29 is 81.4 Å². The molecule has 0 bridgehead atoms. The van der Waals surface area contributed by atoms with E-state index in [2.05, 4.69) is 27.7 Å². The number of carboxylic acid groups (broad SMARTS) is 4. The zero-order valence-electron chi connectivity index (χ0n) is 11.9. The number of hydrogen-bond donors (Lipinski definition) is 6. The first-order valence-corrected chi connectivity index (χ1v) is 4.39. The molecule has 12 heteroatoms. The summed E-state index contributed by atoms with van der Waals surface area (Å²) in [4.78, 5) is 35.6. The van der Waals surface area contributed by atoms with Crippen LogP contribution in [-0.2, 0) is 19.2 Å². The molecule has 22 heavy (non-hydrogen) atoms. The Morgan fingerprint density at radius 2 is 0.818 bits per heavy atom. The smallest absolute Gasteiger partial charge is 0.161 e. The Kier molecular flexibility index (Phi) is 83.1. The van der Waals surface area contributed by atoms with Crippen molar-refractivity contribution in [3.05, 3.63) is 33.4 Å². The van der Waals surface area contributed by atoms with Gasteiger partial charge in [-0.3, -0.25) is 46.9 Å². The van der Waals surface area contributed by atoms with E-state index in [1.54, 1.807) is 0 Å². The molecule has 0 spiro atoms. The molecule has 0 amide bonds. The quantitative estimate of drug-likeness (QED) is 0.286. The second-order valence-corrected chi connectivity index (χ2v) is 2.11. The summed E-state index contributed by atoms with van der Waals surface area (Å²) in [6, 6.07) is 0. The molecule has 0 aromatic heterocycles. The van der Waals surface area contributed by atoms with Gasteiger partial charge in [-0.1, -0.05) is 0 Å². The molecule has 0 saturated carbocycles. The second kappa shape index (κ2) is 42.7. The Morgan fingerprint density at radius 1 is 0.773 bits per heavy atom. The Bertz CT molecular complexity index is 199. The summed E-state index contributed by atoms with van der Waals surface area (Å²) in [5.41, 5.74) is 11.2. The molecule has 0 fully saturated rings. The fourth-order valence-electron chi connectivity index (χ4n) is 0. The van der Waals surface area contributed by atoms with Crippen LogP contribution in [0.25, 0.3) is 5.73 Å². The summed E-state index contributed by atoms with van der Waals surface area (Å²) in [5.74, 6) is -4.33. The normalized spacial score (nSPS) is 5.73. The molecule has 0 aliphatic heterocycles. The fourth-order valence-corrected chi connectivity index (χ4v) is 0. The SMILES string of the molecule is N.[CH2-]C(=O)O.[CH2-]C(=O)O.[CH2-]C(=O)O.[CH2-]C(=O)O.[Ce].[NH-]CCN. The van der Waals surface area contributed by atoms with Crippen molar-refractivity contribution in [1.82, 2.24) is 6.15 Å². The largest absolute Gasteiger partial charge is 0.676 e. The van der Waals surface area contributed by atoms with E-state index in [9.17, 15) is 0 Å². The Labute approximate surface area is 163 Å². The number of carbonyl (C=O) groups is 4. The molecule has 0 aliphatic rings. The third-order valence-electron chi connectivity index (χ3n) is 0.144. The van der Waals surface area contributed by atoms with Gasteiger partial charge in [0.1, 0.15) is 0 Å². The second-order valence-electron chi connectivity index (χ2n) is 2.11. The number of aliphatic carboxylic acids is 4. The van der Waals surface area contributed by atoms with Gasteiger partial charge < -0.3 is 38.0 Å². The molecular formula is C10H22CeN3O8-5. The van der Waals surface area contributed by atoms with Crippen LogP contribution in [-0.4, -0.2) is 57.4 Å². The number of hydrogen-bond acceptors (Lipinski definition) is 6. The molecule has 0 heterocycles. The van der Waals surface area contributed by atoms with E-state index in [0.717, 1.165) is 0 Å². The van der Waals surface area contributed by atoms with Crippen LogP contribution in [0, 0.1) is 69.4 Å². The van der Waals surface area contributed by atoms with E-state index < -0.39 is 23.9 Å². The zero-order chi connectivity index (χ0) is 17.7. The summed E-state index contributed by atoms with van der Waals surface area (Å²) in [6.07, 6.45) is 0. The van der Waals surface area contributed by atoms with Crippen molar-refractivity contribution in [2.75, 3.05) is 13.1 Å². The average molecular weight is 452 g/mol. The van der Waals surface area contributed by atoms with Crippen LogP contribution < -0.4 is 11.9 Å². The maximum atomic E-state index is 8.89. The monoisotopic (exact) mass is 452 g/mol. The Hall–Kier alpha value is -1.38. The number of nitrogens with one attached hydrogen (secondary N) is 1. The first-order valence-electron chi connectivity index (χ1n) is 4.39. The van der Waals surface area contributed by atoms with Gasteiger partial charge in [-0.25, -0.2) is 0 Å². The number of nitrogens with two attached hydrogens (primary N) is 1. The van der Waals surface area contributed by atoms with Gasteiger partial charge in [0.15, 0.2) is 23.9 Å². The van der Waals surface area contributed by atoms with Gasteiger partial charge in [0.25, 0.3) is 0 Å². The number of carboxylic acids is 4. The molecule has 0 unspecified atom stereocenters. The van der Waals surface area contributed by atoms with Crippen molar-refractivity contribution >= 4 is 23.9 Å². The van der Waals surface area contributed by atoms with Crippen LogP contribution >= 0.6 is 0 Å². The minimum Gasteiger partial charge on any atom is -0.676 e.